The second-order valence-corrected chi connectivity index (χ2v) is 5.24. The van der Waals surface area contributed by atoms with Crippen LogP contribution < -0.4 is 10.6 Å². The number of anilines is 1. The third-order valence-corrected chi connectivity index (χ3v) is 3.29. The number of aromatic nitrogens is 2. The second kappa shape index (κ2) is 8.12. The van der Waals surface area contributed by atoms with E-state index in [1.54, 1.807) is 6.20 Å². The van der Waals surface area contributed by atoms with Crippen molar-refractivity contribution in [2.24, 2.45) is 0 Å². The van der Waals surface area contributed by atoms with Crippen LogP contribution in [0.5, 0.6) is 0 Å². The maximum Gasteiger partial charge on any atom is 0.271 e. The van der Waals surface area contributed by atoms with Crippen LogP contribution in [0.3, 0.4) is 0 Å². The Hall–Kier alpha value is -2.43. The molecule has 0 aliphatic carbocycles. The van der Waals surface area contributed by atoms with E-state index in [4.69, 9.17) is 0 Å². The number of benzene rings is 1. The van der Waals surface area contributed by atoms with Gasteiger partial charge in [0.25, 0.3) is 5.91 Å². The largest absolute Gasteiger partial charge is 0.365 e. The van der Waals surface area contributed by atoms with Crippen molar-refractivity contribution >= 4 is 11.7 Å². The molecule has 0 fully saturated rings. The molecular formula is C17H22N4O. The monoisotopic (exact) mass is 298 g/mol. The van der Waals surface area contributed by atoms with E-state index in [-0.39, 0.29) is 5.91 Å². The molecule has 1 heterocycles. The van der Waals surface area contributed by atoms with E-state index in [0.717, 1.165) is 12.8 Å². The molecule has 0 aliphatic rings. The van der Waals surface area contributed by atoms with Crippen LogP contribution in [-0.4, -0.2) is 22.4 Å². The summed E-state index contributed by atoms with van der Waals surface area (Å²) in [5.41, 5.74) is 2.76. The fourth-order valence-corrected chi connectivity index (χ4v) is 1.90. The molecule has 1 amide bonds. The highest BCUT2D eigenvalue weighted by atomic mass is 16.1. The number of hydrogen-bond donors (Lipinski definition) is 2. The first-order chi connectivity index (χ1) is 10.7. The molecule has 1 aromatic carbocycles. The van der Waals surface area contributed by atoms with Crippen LogP contribution in [0.1, 0.15) is 41.4 Å². The van der Waals surface area contributed by atoms with Crippen LogP contribution in [0.15, 0.2) is 36.7 Å². The van der Waals surface area contributed by atoms with Crippen molar-refractivity contribution in [3.8, 4) is 0 Å². The molecule has 0 atom stereocenters. The van der Waals surface area contributed by atoms with Crippen LogP contribution in [0.25, 0.3) is 0 Å². The number of carbonyl (C=O) groups is 1. The molecule has 0 aliphatic heterocycles. The molecule has 0 bridgehead atoms. The SMILES string of the molecule is CCCCNC(=O)c1cnc(NCc2ccc(C)cc2)cn1. The fourth-order valence-electron chi connectivity index (χ4n) is 1.90. The van der Waals surface area contributed by atoms with Crippen LogP contribution in [-0.2, 0) is 6.54 Å². The summed E-state index contributed by atoms with van der Waals surface area (Å²) in [6.45, 7) is 5.49. The van der Waals surface area contributed by atoms with Crippen molar-refractivity contribution in [2.45, 2.75) is 33.2 Å². The molecule has 2 N–H and O–H groups in total. The lowest BCUT2D eigenvalue weighted by molar-refractivity contribution is 0.0948. The predicted octanol–water partition coefficient (Wildman–Crippen LogP) is 2.93. The molecule has 116 valence electrons. The van der Waals surface area contributed by atoms with Gasteiger partial charge in [-0.05, 0) is 18.9 Å². The molecular weight excluding hydrogens is 276 g/mol. The zero-order valence-corrected chi connectivity index (χ0v) is 13.1. The van der Waals surface area contributed by atoms with Gasteiger partial charge in [-0.3, -0.25) is 4.79 Å². The predicted molar refractivity (Wildman–Crippen MR) is 87.8 cm³/mol. The minimum Gasteiger partial charge on any atom is -0.365 e. The number of carbonyl (C=O) groups excluding carboxylic acids is 1. The quantitative estimate of drug-likeness (QED) is 0.771. The van der Waals surface area contributed by atoms with Gasteiger partial charge in [-0.15, -0.1) is 0 Å². The topological polar surface area (TPSA) is 66.9 Å². The average molecular weight is 298 g/mol. The molecule has 5 heteroatoms. The van der Waals surface area contributed by atoms with E-state index in [9.17, 15) is 4.79 Å². The maximum atomic E-state index is 11.8. The third kappa shape index (κ3) is 4.84. The number of amides is 1. The van der Waals surface area contributed by atoms with Gasteiger partial charge in [-0.1, -0.05) is 43.2 Å². The summed E-state index contributed by atoms with van der Waals surface area (Å²) in [7, 11) is 0. The smallest absolute Gasteiger partial charge is 0.271 e. The van der Waals surface area contributed by atoms with Gasteiger partial charge in [0.05, 0.1) is 12.4 Å². The number of nitrogens with zero attached hydrogens (tertiary/aromatic N) is 2. The Balaban J connectivity index is 1.86. The first-order valence-electron chi connectivity index (χ1n) is 7.58. The number of rotatable bonds is 7. The van der Waals surface area contributed by atoms with Crippen molar-refractivity contribution in [3.63, 3.8) is 0 Å². The van der Waals surface area contributed by atoms with Gasteiger partial charge in [-0.25, -0.2) is 9.97 Å². The molecule has 0 radical (unpaired) electrons. The molecule has 1 aromatic heterocycles. The highest BCUT2D eigenvalue weighted by Gasteiger charge is 2.06. The van der Waals surface area contributed by atoms with Crippen molar-refractivity contribution in [2.75, 3.05) is 11.9 Å². The van der Waals surface area contributed by atoms with Crippen LogP contribution >= 0.6 is 0 Å². The maximum absolute atomic E-state index is 11.8. The Morgan fingerprint density at radius 2 is 1.91 bits per heavy atom. The Bertz CT molecular complexity index is 593. The van der Waals surface area contributed by atoms with E-state index in [1.165, 1.54) is 17.3 Å². The molecule has 22 heavy (non-hydrogen) atoms. The number of aryl methyl sites for hydroxylation is 1. The van der Waals surface area contributed by atoms with Crippen LogP contribution in [0.4, 0.5) is 5.82 Å². The Kier molecular flexibility index (Phi) is 5.89. The molecule has 2 aromatic rings. The molecule has 0 saturated carbocycles. The standard InChI is InChI=1S/C17H22N4O/c1-3-4-9-18-17(22)15-11-21-16(12-19-15)20-10-14-7-5-13(2)6-8-14/h5-8,11-12H,3-4,9-10H2,1-2H3,(H,18,22)(H,20,21). The van der Waals surface area contributed by atoms with Gasteiger partial charge in [0.15, 0.2) is 0 Å². The summed E-state index contributed by atoms with van der Waals surface area (Å²) >= 11 is 0. The highest BCUT2D eigenvalue weighted by molar-refractivity contribution is 5.91. The van der Waals surface area contributed by atoms with Gasteiger partial charge in [0.2, 0.25) is 0 Å². The molecule has 0 saturated heterocycles. The van der Waals surface area contributed by atoms with E-state index >= 15 is 0 Å². The first kappa shape index (κ1) is 15.9. The lowest BCUT2D eigenvalue weighted by Gasteiger charge is -2.07. The van der Waals surface area contributed by atoms with E-state index < -0.39 is 0 Å². The summed E-state index contributed by atoms with van der Waals surface area (Å²) in [6.07, 6.45) is 5.10. The third-order valence-electron chi connectivity index (χ3n) is 3.29. The number of nitrogens with one attached hydrogen (secondary N) is 2. The fraction of sp³-hybridized carbons (Fsp3) is 0.353. The van der Waals surface area contributed by atoms with Gasteiger partial charge < -0.3 is 10.6 Å². The van der Waals surface area contributed by atoms with Crippen molar-refractivity contribution < 1.29 is 4.79 Å². The van der Waals surface area contributed by atoms with Gasteiger partial charge in [0, 0.05) is 13.1 Å². The van der Waals surface area contributed by atoms with Crippen LogP contribution in [0.2, 0.25) is 0 Å². The average Bonchev–Trinajstić information content (AvgIpc) is 2.55. The summed E-state index contributed by atoms with van der Waals surface area (Å²) < 4.78 is 0. The normalized spacial score (nSPS) is 10.3. The van der Waals surface area contributed by atoms with Gasteiger partial charge >= 0.3 is 0 Å². The molecule has 2 rings (SSSR count). The molecule has 0 unspecified atom stereocenters. The first-order valence-corrected chi connectivity index (χ1v) is 7.58. The second-order valence-electron chi connectivity index (χ2n) is 5.24. The summed E-state index contributed by atoms with van der Waals surface area (Å²) in [5, 5.41) is 6.01. The van der Waals surface area contributed by atoms with E-state index in [1.807, 2.05) is 0 Å². The summed E-state index contributed by atoms with van der Waals surface area (Å²) in [6, 6.07) is 8.30. The molecule has 0 spiro atoms. The van der Waals surface area contributed by atoms with E-state index in [0.29, 0.717) is 24.6 Å². The lowest BCUT2D eigenvalue weighted by Crippen LogP contribution is -2.25. The Morgan fingerprint density at radius 3 is 2.55 bits per heavy atom. The lowest BCUT2D eigenvalue weighted by atomic mass is 10.1. The number of unbranched alkanes of at least 4 members (excludes halogenated alkanes) is 1. The van der Waals surface area contributed by atoms with Crippen molar-refractivity contribution in [1.29, 1.82) is 0 Å². The number of hydrogen-bond acceptors (Lipinski definition) is 4. The summed E-state index contributed by atoms with van der Waals surface area (Å²) in [5.74, 6) is 0.483. The summed E-state index contributed by atoms with van der Waals surface area (Å²) in [4.78, 5) is 20.2. The zero-order chi connectivity index (χ0) is 15.8. The van der Waals surface area contributed by atoms with E-state index in [2.05, 4.69) is 58.7 Å². The van der Waals surface area contributed by atoms with Gasteiger partial charge in [0.1, 0.15) is 11.5 Å². The van der Waals surface area contributed by atoms with Gasteiger partial charge in [-0.2, -0.15) is 0 Å². The van der Waals surface area contributed by atoms with Crippen LogP contribution in [0, 0.1) is 6.92 Å². The van der Waals surface area contributed by atoms with Crippen molar-refractivity contribution in [3.05, 3.63) is 53.5 Å². The Labute approximate surface area is 131 Å². The zero-order valence-electron chi connectivity index (χ0n) is 13.1. The Morgan fingerprint density at radius 1 is 1.14 bits per heavy atom. The molecule has 5 nitrogen and oxygen atoms in total. The minimum atomic E-state index is -0.175. The van der Waals surface area contributed by atoms with Crippen molar-refractivity contribution in [1.82, 2.24) is 15.3 Å². The highest BCUT2D eigenvalue weighted by Crippen LogP contribution is 2.07. The minimum absolute atomic E-state index is 0.175.